The van der Waals surface area contributed by atoms with Crippen LogP contribution in [0.25, 0.3) is 21.9 Å². The molecule has 0 bridgehead atoms. The standard InChI is InChI=1S/C21H14FN5O/c22-16-6-3-7-17-19(16)28-21(24-17)25-20-15-5-2-1-4-14(15)18(26-27-20)12-13-8-10-23-11-9-13/h1-11H,12H2,(H,24,25,27). The fourth-order valence-electron chi connectivity index (χ4n) is 3.15. The molecule has 0 aliphatic carbocycles. The molecule has 0 aliphatic rings. The number of halogens is 1. The summed E-state index contributed by atoms with van der Waals surface area (Å²) in [7, 11) is 0. The molecule has 0 unspecified atom stereocenters. The van der Waals surface area contributed by atoms with Crippen molar-refractivity contribution < 1.29 is 8.81 Å². The highest BCUT2D eigenvalue weighted by molar-refractivity contribution is 5.94. The number of nitrogens with one attached hydrogen (secondary N) is 1. The lowest BCUT2D eigenvalue weighted by atomic mass is 10.1. The summed E-state index contributed by atoms with van der Waals surface area (Å²) in [5, 5.41) is 13.6. The zero-order valence-corrected chi connectivity index (χ0v) is 14.6. The SMILES string of the molecule is Fc1cccc2nc(Nc3nnc(Cc4ccncc4)c4ccccc34)oc12. The predicted molar refractivity (Wildman–Crippen MR) is 104 cm³/mol. The smallest absolute Gasteiger partial charge is 0.301 e. The Labute approximate surface area is 159 Å². The van der Waals surface area contributed by atoms with Crippen molar-refractivity contribution in [2.24, 2.45) is 0 Å². The summed E-state index contributed by atoms with van der Waals surface area (Å²) >= 11 is 0. The highest BCUT2D eigenvalue weighted by Gasteiger charge is 2.14. The molecular weight excluding hydrogens is 357 g/mol. The summed E-state index contributed by atoms with van der Waals surface area (Å²) in [5.74, 6) is 0.0442. The van der Waals surface area contributed by atoms with Gasteiger partial charge in [0.1, 0.15) is 5.52 Å². The molecule has 0 saturated carbocycles. The van der Waals surface area contributed by atoms with Crippen molar-refractivity contribution in [2.45, 2.75) is 6.42 Å². The topological polar surface area (TPSA) is 76.7 Å². The van der Waals surface area contributed by atoms with E-state index in [0.717, 1.165) is 22.0 Å². The van der Waals surface area contributed by atoms with Gasteiger partial charge in [0.2, 0.25) is 0 Å². The second-order valence-electron chi connectivity index (χ2n) is 6.31. The highest BCUT2D eigenvalue weighted by Crippen LogP contribution is 2.28. The third-order valence-electron chi connectivity index (χ3n) is 4.48. The van der Waals surface area contributed by atoms with E-state index in [2.05, 4.69) is 25.5 Å². The Balaban J connectivity index is 1.55. The molecular formula is C21H14FN5O. The van der Waals surface area contributed by atoms with Gasteiger partial charge < -0.3 is 4.42 Å². The number of anilines is 2. The second kappa shape index (κ2) is 6.70. The van der Waals surface area contributed by atoms with Crippen LogP contribution in [0, 0.1) is 5.82 Å². The molecule has 0 amide bonds. The largest absolute Gasteiger partial charge is 0.420 e. The van der Waals surface area contributed by atoms with Gasteiger partial charge in [-0.25, -0.2) is 4.39 Å². The lowest BCUT2D eigenvalue weighted by molar-refractivity contribution is 0.566. The van der Waals surface area contributed by atoms with Crippen LogP contribution < -0.4 is 5.32 Å². The molecule has 5 rings (SSSR count). The number of rotatable bonds is 4. The number of hydrogen-bond acceptors (Lipinski definition) is 6. The number of pyridine rings is 1. The minimum atomic E-state index is -0.457. The van der Waals surface area contributed by atoms with E-state index < -0.39 is 5.82 Å². The summed E-state index contributed by atoms with van der Waals surface area (Å²) in [6.45, 7) is 0. The van der Waals surface area contributed by atoms with E-state index in [1.165, 1.54) is 6.07 Å². The van der Waals surface area contributed by atoms with Gasteiger partial charge in [0.05, 0.1) is 5.69 Å². The summed E-state index contributed by atoms with van der Waals surface area (Å²) in [6, 6.07) is 16.5. The van der Waals surface area contributed by atoms with E-state index in [1.807, 2.05) is 36.4 Å². The van der Waals surface area contributed by atoms with Crippen LogP contribution in [0.15, 0.2) is 71.4 Å². The van der Waals surface area contributed by atoms with Crippen LogP contribution in [0.3, 0.4) is 0 Å². The minimum absolute atomic E-state index is 0.108. The fraction of sp³-hybridized carbons (Fsp3) is 0.0476. The quantitative estimate of drug-likeness (QED) is 0.496. The van der Waals surface area contributed by atoms with Crippen molar-refractivity contribution in [1.29, 1.82) is 0 Å². The Morgan fingerprint density at radius 3 is 2.54 bits per heavy atom. The third-order valence-corrected chi connectivity index (χ3v) is 4.48. The van der Waals surface area contributed by atoms with E-state index >= 15 is 0 Å². The van der Waals surface area contributed by atoms with Crippen LogP contribution in [0.1, 0.15) is 11.3 Å². The normalized spacial score (nSPS) is 11.2. The third kappa shape index (κ3) is 2.92. The zero-order valence-electron chi connectivity index (χ0n) is 14.6. The minimum Gasteiger partial charge on any atom is -0.420 e. The molecule has 0 saturated heterocycles. The van der Waals surface area contributed by atoms with Crippen molar-refractivity contribution in [3.63, 3.8) is 0 Å². The van der Waals surface area contributed by atoms with Gasteiger partial charge in [-0.2, -0.15) is 10.1 Å². The van der Waals surface area contributed by atoms with E-state index in [4.69, 9.17) is 4.42 Å². The van der Waals surface area contributed by atoms with E-state index in [0.29, 0.717) is 17.8 Å². The average molecular weight is 371 g/mol. The first-order valence-electron chi connectivity index (χ1n) is 8.73. The highest BCUT2D eigenvalue weighted by atomic mass is 19.1. The number of para-hydroxylation sites is 1. The fourth-order valence-corrected chi connectivity index (χ4v) is 3.15. The van der Waals surface area contributed by atoms with Crippen LogP contribution in [-0.4, -0.2) is 20.2 Å². The summed E-state index contributed by atoms with van der Waals surface area (Å²) in [4.78, 5) is 8.32. The molecule has 7 heteroatoms. The van der Waals surface area contributed by atoms with Gasteiger partial charge in [0.25, 0.3) is 0 Å². The first-order valence-corrected chi connectivity index (χ1v) is 8.73. The number of aromatic nitrogens is 4. The summed E-state index contributed by atoms with van der Waals surface area (Å²) in [5.41, 5.74) is 2.51. The lowest BCUT2D eigenvalue weighted by Crippen LogP contribution is -2.02. The molecule has 136 valence electrons. The Bertz CT molecular complexity index is 1290. The van der Waals surface area contributed by atoms with Crippen molar-refractivity contribution in [2.75, 3.05) is 5.32 Å². The Kier molecular flexibility index (Phi) is 3.90. The summed E-state index contributed by atoms with van der Waals surface area (Å²) in [6.07, 6.45) is 4.16. The number of nitrogens with zero attached hydrogens (tertiary/aromatic N) is 4. The van der Waals surface area contributed by atoms with Crippen LogP contribution in [0.2, 0.25) is 0 Å². The van der Waals surface area contributed by atoms with Gasteiger partial charge in [-0.1, -0.05) is 30.3 Å². The van der Waals surface area contributed by atoms with Crippen LogP contribution in [-0.2, 0) is 6.42 Å². The number of benzene rings is 2. The number of hydrogen-bond donors (Lipinski definition) is 1. The van der Waals surface area contributed by atoms with Gasteiger partial charge in [-0.05, 0) is 29.8 Å². The van der Waals surface area contributed by atoms with Crippen molar-refractivity contribution in [3.8, 4) is 0 Å². The maximum Gasteiger partial charge on any atom is 0.301 e. The van der Waals surface area contributed by atoms with Crippen LogP contribution in [0.5, 0.6) is 0 Å². The molecule has 5 aromatic rings. The van der Waals surface area contributed by atoms with E-state index in [9.17, 15) is 4.39 Å². The maximum absolute atomic E-state index is 13.9. The van der Waals surface area contributed by atoms with Gasteiger partial charge in [0, 0.05) is 29.6 Å². The molecule has 0 spiro atoms. The Morgan fingerprint density at radius 1 is 0.893 bits per heavy atom. The first kappa shape index (κ1) is 16.3. The second-order valence-corrected chi connectivity index (χ2v) is 6.31. The Hall–Kier alpha value is -3.87. The van der Waals surface area contributed by atoms with Crippen LogP contribution in [0.4, 0.5) is 16.2 Å². The molecule has 0 fully saturated rings. The molecule has 0 atom stereocenters. The monoisotopic (exact) mass is 371 g/mol. The van der Waals surface area contributed by atoms with Crippen LogP contribution >= 0.6 is 0 Å². The first-order chi connectivity index (χ1) is 13.8. The zero-order chi connectivity index (χ0) is 18.9. The molecule has 6 nitrogen and oxygen atoms in total. The molecule has 28 heavy (non-hydrogen) atoms. The number of fused-ring (bicyclic) bond motifs is 2. The molecule has 1 N–H and O–H groups in total. The van der Waals surface area contributed by atoms with Gasteiger partial charge in [0.15, 0.2) is 17.2 Å². The van der Waals surface area contributed by atoms with Crippen molar-refractivity contribution in [3.05, 3.63) is 84.1 Å². The van der Waals surface area contributed by atoms with Crippen molar-refractivity contribution >= 4 is 33.7 Å². The molecule has 3 heterocycles. The van der Waals surface area contributed by atoms with Crippen molar-refractivity contribution in [1.82, 2.24) is 20.2 Å². The Morgan fingerprint density at radius 2 is 1.71 bits per heavy atom. The van der Waals surface area contributed by atoms with Gasteiger partial charge in [-0.3, -0.25) is 10.3 Å². The molecule has 3 aromatic heterocycles. The molecule has 0 radical (unpaired) electrons. The van der Waals surface area contributed by atoms with E-state index in [-0.39, 0.29) is 11.6 Å². The molecule has 2 aromatic carbocycles. The van der Waals surface area contributed by atoms with Gasteiger partial charge in [-0.15, -0.1) is 5.10 Å². The summed E-state index contributed by atoms with van der Waals surface area (Å²) < 4.78 is 19.4. The predicted octanol–water partition coefficient (Wildman–Crippen LogP) is 4.64. The molecule has 0 aliphatic heterocycles. The van der Waals surface area contributed by atoms with E-state index in [1.54, 1.807) is 24.5 Å². The van der Waals surface area contributed by atoms with Gasteiger partial charge >= 0.3 is 6.01 Å². The maximum atomic E-state index is 13.9. The number of oxazole rings is 1. The average Bonchev–Trinajstić information content (AvgIpc) is 3.15. The lowest BCUT2D eigenvalue weighted by Gasteiger charge is -2.09.